The number of piperidine rings is 1. The van der Waals surface area contributed by atoms with Crippen LogP contribution in [-0.2, 0) is 6.42 Å². The van der Waals surface area contributed by atoms with Gasteiger partial charge in [-0.2, -0.15) is 0 Å². The van der Waals surface area contributed by atoms with Gasteiger partial charge in [-0.1, -0.05) is 49.4 Å². The molecule has 0 saturated carbocycles. The van der Waals surface area contributed by atoms with Crippen molar-refractivity contribution >= 4 is 0 Å². The largest absolute Gasteiger partial charge is 1.00 e. The van der Waals surface area contributed by atoms with Gasteiger partial charge in [0.2, 0.25) is 0 Å². The third kappa shape index (κ3) is 4.69. The molecule has 0 bridgehead atoms. The highest BCUT2D eigenvalue weighted by Gasteiger charge is 2.34. The number of aryl methyl sites for hydroxylation is 1. The van der Waals surface area contributed by atoms with E-state index in [1.165, 1.54) is 36.9 Å². The summed E-state index contributed by atoms with van der Waals surface area (Å²) in [5.74, 6) is 0.695. The van der Waals surface area contributed by atoms with Crippen molar-refractivity contribution in [3.8, 4) is 5.75 Å². The van der Waals surface area contributed by atoms with Crippen LogP contribution in [0.1, 0.15) is 55.2 Å². The normalized spacial score (nSPS) is 20.2. The molecule has 2 atom stereocenters. The van der Waals surface area contributed by atoms with Gasteiger partial charge in [0.15, 0.2) is 0 Å². The van der Waals surface area contributed by atoms with E-state index in [1.54, 1.807) is 0 Å². The van der Waals surface area contributed by atoms with E-state index in [2.05, 4.69) is 57.4 Å². The molecule has 3 heteroatoms. The van der Waals surface area contributed by atoms with Gasteiger partial charge < -0.3 is 26.6 Å². The first-order valence-corrected chi connectivity index (χ1v) is 9.70. The van der Waals surface area contributed by atoms with Gasteiger partial charge >= 0.3 is 0 Å². The predicted octanol–water partition coefficient (Wildman–Crippen LogP) is 2.11. The van der Waals surface area contributed by atoms with E-state index in [1.807, 2.05) is 12.1 Å². The molecule has 0 aromatic heterocycles. The number of phenols is 1. The van der Waals surface area contributed by atoms with Crippen LogP contribution in [0.4, 0.5) is 0 Å². The molecule has 0 amide bonds. The van der Waals surface area contributed by atoms with E-state index in [9.17, 15) is 5.11 Å². The first kappa shape index (κ1) is 21.0. The summed E-state index contributed by atoms with van der Waals surface area (Å²) in [6, 6.07) is 17.5. The van der Waals surface area contributed by atoms with Crippen LogP contribution >= 0.6 is 0 Å². The average molecular weight is 418 g/mol. The lowest BCUT2D eigenvalue weighted by molar-refractivity contribution is -0.920. The molecule has 1 aliphatic rings. The van der Waals surface area contributed by atoms with Crippen LogP contribution in [0, 0.1) is 0 Å². The minimum Gasteiger partial charge on any atom is -1.00 e. The smallest absolute Gasteiger partial charge is 0.119 e. The van der Waals surface area contributed by atoms with Crippen molar-refractivity contribution in [1.82, 2.24) is 0 Å². The van der Waals surface area contributed by atoms with Gasteiger partial charge in [-0.25, -0.2) is 0 Å². The summed E-state index contributed by atoms with van der Waals surface area (Å²) in [7, 11) is 4.74. The van der Waals surface area contributed by atoms with Gasteiger partial charge in [0.1, 0.15) is 5.75 Å². The first-order valence-electron chi connectivity index (χ1n) is 9.70. The second-order valence-corrected chi connectivity index (χ2v) is 8.10. The minimum absolute atomic E-state index is 0. The number of nitrogens with zero attached hydrogens (tertiary/aromatic N) is 1. The Kier molecular flexibility index (Phi) is 7.31. The molecule has 0 spiro atoms. The van der Waals surface area contributed by atoms with E-state index in [0.29, 0.717) is 11.8 Å². The molecule has 2 nitrogen and oxygen atoms in total. The first-order chi connectivity index (χ1) is 12.0. The molecule has 1 saturated heterocycles. The molecule has 1 aliphatic heterocycles. The maximum absolute atomic E-state index is 10.6. The lowest BCUT2D eigenvalue weighted by Crippen LogP contribution is -3.00. The van der Waals surface area contributed by atoms with Crippen molar-refractivity contribution in [3.63, 3.8) is 0 Å². The number of aromatic hydroxyl groups is 1. The van der Waals surface area contributed by atoms with Crippen LogP contribution in [0.25, 0.3) is 0 Å². The second-order valence-electron chi connectivity index (χ2n) is 8.10. The molecule has 1 heterocycles. The Balaban J connectivity index is 0.00000243. The van der Waals surface area contributed by atoms with E-state index in [4.69, 9.17) is 0 Å². The van der Waals surface area contributed by atoms with Gasteiger partial charge in [-0.15, -0.1) is 0 Å². The standard InChI is InChI=1S/C23H31NO.BrH/c1-4-18-13-14-23(25)22(16-18)21(19-10-6-5-7-11-19)17-20-12-8-9-15-24(20,2)3;/h5-7,10-11,13-14,16,20-21H,4,8-9,12,15,17H2,1-3H3;1H. The third-order valence-electron chi connectivity index (χ3n) is 6.10. The molecular formula is C23H32BrNO. The molecule has 2 unspecified atom stereocenters. The fraction of sp³-hybridized carbons (Fsp3) is 0.478. The van der Waals surface area contributed by atoms with Gasteiger partial charge in [-0.3, -0.25) is 0 Å². The zero-order valence-corrected chi connectivity index (χ0v) is 17.9. The summed E-state index contributed by atoms with van der Waals surface area (Å²) >= 11 is 0. The fourth-order valence-electron chi connectivity index (χ4n) is 4.34. The van der Waals surface area contributed by atoms with Gasteiger partial charge in [-0.05, 0) is 42.9 Å². The second kappa shape index (κ2) is 9.05. The number of hydrogen-bond acceptors (Lipinski definition) is 1. The van der Waals surface area contributed by atoms with Crippen molar-refractivity contribution in [2.45, 2.75) is 51.0 Å². The monoisotopic (exact) mass is 417 g/mol. The Bertz CT molecular complexity index is 699. The van der Waals surface area contributed by atoms with E-state index in [0.717, 1.165) is 22.9 Å². The summed E-state index contributed by atoms with van der Waals surface area (Å²) in [5, 5.41) is 10.6. The quantitative estimate of drug-likeness (QED) is 0.738. The van der Waals surface area contributed by atoms with Crippen LogP contribution in [0.15, 0.2) is 48.5 Å². The number of phenolic OH excluding ortho intramolecular Hbond substituents is 1. The Morgan fingerprint density at radius 2 is 1.81 bits per heavy atom. The third-order valence-corrected chi connectivity index (χ3v) is 6.10. The SMILES string of the molecule is CCc1ccc(O)c(C(CC2CCCC[N+]2(C)C)c2ccccc2)c1.[Br-]. The summed E-state index contributed by atoms with van der Waals surface area (Å²) in [4.78, 5) is 0. The zero-order valence-electron chi connectivity index (χ0n) is 16.3. The molecule has 26 heavy (non-hydrogen) atoms. The zero-order chi connectivity index (χ0) is 17.9. The highest BCUT2D eigenvalue weighted by molar-refractivity contribution is 5.43. The molecular weight excluding hydrogens is 386 g/mol. The van der Waals surface area contributed by atoms with Crippen molar-refractivity contribution in [3.05, 3.63) is 65.2 Å². The van der Waals surface area contributed by atoms with E-state index < -0.39 is 0 Å². The molecule has 1 N–H and O–H groups in total. The molecule has 2 aromatic carbocycles. The number of rotatable bonds is 5. The molecule has 142 valence electrons. The summed E-state index contributed by atoms with van der Waals surface area (Å²) in [6.07, 6.45) is 6.03. The summed E-state index contributed by atoms with van der Waals surface area (Å²) in [6.45, 7) is 3.43. The molecule has 1 fully saturated rings. The van der Waals surface area contributed by atoms with Crippen molar-refractivity contribution in [2.24, 2.45) is 0 Å². The van der Waals surface area contributed by atoms with Crippen LogP contribution < -0.4 is 17.0 Å². The maximum atomic E-state index is 10.6. The Hall–Kier alpha value is -1.32. The van der Waals surface area contributed by atoms with Crippen LogP contribution in [0.5, 0.6) is 5.75 Å². The molecule has 0 radical (unpaired) electrons. The van der Waals surface area contributed by atoms with Crippen LogP contribution in [0.3, 0.4) is 0 Å². The highest BCUT2D eigenvalue weighted by Crippen LogP contribution is 2.39. The Morgan fingerprint density at radius 1 is 1.08 bits per heavy atom. The number of hydrogen-bond donors (Lipinski definition) is 1. The van der Waals surface area contributed by atoms with E-state index in [-0.39, 0.29) is 22.9 Å². The molecule has 2 aromatic rings. The lowest BCUT2D eigenvalue weighted by Gasteiger charge is -2.43. The lowest BCUT2D eigenvalue weighted by atomic mass is 9.81. The van der Waals surface area contributed by atoms with Crippen molar-refractivity contribution < 1.29 is 26.6 Å². The number of benzene rings is 2. The van der Waals surface area contributed by atoms with Gasteiger partial charge in [0.25, 0.3) is 0 Å². The Morgan fingerprint density at radius 3 is 2.46 bits per heavy atom. The van der Waals surface area contributed by atoms with Gasteiger partial charge in [0.05, 0.1) is 26.7 Å². The van der Waals surface area contributed by atoms with Gasteiger partial charge in [0, 0.05) is 17.9 Å². The fourth-order valence-corrected chi connectivity index (χ4v) is 4.34. The van der Waals surface area contributed by atoms with Crippen LogP contribution in [0.2, 0.25) is 0 Å². The van der Waals surface area contributed by atoms with Crippen LogP contribution in [-0.4, -0.2) is 36.3 Å². The summed E-state index contributed by atoms with van der Waals surface area (Å²) in [5.41, 5.74) is 3.71. The highest BCUT2D eigenvalue weighted by atomic mass is 79.9. The van der Waals surface area contributed by atoms with E-state index >= 15 is 0 Å². The predicted molar refractivity (Wildman–Crippen MR) is 105 cm³/mol. The molecule has 0 aliphatic carbocycles. The topological polar surface area (TPSA) is 20.2 Å². The number of halogens is 1. The van der Waals surface area contributed by atoms with Crippen molar-refractivity contribution in [2.75, 3.05) is 20.6 Å². The minimum atomic E-state index is 0. The number of likely N-dealkylation sites (tertiary alicyclic amines) is 1. The summed E-state index contributed by atoms with van der Waals surface area (Å²) < 4.78 is 1.09. The van der Waals surface area contributed by atoms with Crippen molar-refractivity contribution in [1.29, 1.82) is 0 Å². The Labute approximate surface area is 169 Å². The average Bonchev–Trinajstić information content (AvgIpc) is 2.62. The molecule has 3 rings (SSSR count). The number of quaternary nitrogens is 1. The maximum Gasteiger partial charge on any atom is 0.119 e.